The number of halogens is 1. The van der Waals surface area contributed by atoms with Gasteiger partial charge in [0.1, 0.15) is 0 Å². The lowest BCUT2D eigenvalue weighted by Crippen LogP contribution is -2.11. The maximum absolute atomic E-state index is 10.5. The third kappa shape index (κ3) is 3.60. The third-order valence-corrected chi connectivity index (χ3v) is 3.17. The zero-order chi connectivity index (χ0) is 10.6. The normalized spacial score (nSPS) is 12.4. The van der Waals surface area contributed by atoms with Crippen LogP contribution in [0.15, 0.2) is 24.3 Å². The van der Waals surface area contributed by atoms with Gasteiger partial charge in [0.15, 0.2) is 0 Å². The van der Waals surface area contributed by atoms with Gasteiger partial charge in [-0.2, -0.15) is 0 Å². The van der Waals surface area contributed by atoms with Gasteiger partial charge in [0.2, 0.25) is 0 Å². The van der Waals surface area contributed by atoms with Crippen molar-refractivity contribution in [1.82, 2.24) is 0 Å². The average Bonchev–Trinajstić information content (AvgIpc) is 2.14. The van der Waals surface area contributed by atoms with Gasteiger partial charge in [-0.05, 0) is 24.6 Å². The van der Waals surface area contributed by atoms with Crippen LogP contribution in [0.5, 0.6) is 0 Å². The number of carbonyl (C=O) groups is 1. The molecule has 1 N–H and O–H groups in total. The fraction of sp³-hybridized carbons (Fsp3) is 0.300. The summed E-state index contributed by atoms with van der Waals surface area (Å²) in [5, 5.41) is 8.97. The maximum Gasteiger partial charge on any atom is 0.316 e. The first-order valence-electron chi connectivity index (χ1n) is 4.18. The summed E-state index contributed by atoms with van der Waals surface area (Å²) >= 11 is 7.19. The van der Waals surface area contributed by atoms with Crippen LogP contribution in [-0.4, -0.2) is 16.3 Å². The van der Waals surface area contributed by atoms with Crippen molar-refractivity contribution in [2.24, 2.45) is 0 Å². The molecule has 0 aliphatic carbocycles. The molecular weight excluding hydrogens is 220 g/mol. The topological polar surface area (TPSA) is 37.3 Å². The minimum Gasteiger partial charge on any atom is -0.480 e. The van der Waals surface area contributed by atoms with E-state index in [1.807, 2.05) is 18.2 Å². The summed E-state index contributed by atoms with van der Waals surface area (Å²) in [5.74, 6) is -0.106. The van der Waals surface area contributed by atoms with Crippen LogP contribution in [-0.2, 0) is 10.5 Å². The van der Waals surface area contributed by atoms with E-state index in [4.69, 9.17) is 16.7 Å². The van der Waals surface area contributed by atoms with Gasteiger partial charge in [-0.15, -0.1) is 11.8 Å². The first-order valence-corrected chi connectivity index (χ1v) is 5.61. The molecule has 76 valence electrons. The van der Waals surface area contributed by atoms with Crippen LogP contribution in [0.3, 0.4) is 0 Å². The lowest BCUT2D eigenvalue weighted by atomic mass is 10.2. The fourth-order valence-corrected chi connectivity index (χ4v) is 1.90. The van der Waals surface area contributed by atoms with Crippen LogP contribution in [0.25, 0.3) is 0 Å². The number of benzene rings is 1. The van der Waals surface area contributed by atoms with Gasteiger partial charge in [0.05, 0.1) is 5.25 Å². The summed E-state index contributed by atoms with van der Waals surface area (Å²) in [6.45, 7) is 1.68. The molecule has 14 heavy (non-hydrogen) atoms. The molecule has 0 fully saturated rings. The lowest BCUT2D eigenvalue weighted by Gasteiger charge is -2.05. The van der Waals surface area contributed by atoms with Crippen LogP contribution in [0, 0.1) is 0 Å². The van der Waals surface area contributed by atoms with Gasteiger partial charge in [-0.3, -0.25) is 4.79 Å². The molecule has 0 heterocycles. The number of aliphatic carboxylic acids is 1. The second-order valence-corrected chi connectivity index (χ2v) is 4.69. The summed E-state index contributed by atoms with van der Waals surface area (Å²) in [5.41, 5.74) is 1.05. The molecule has 1 rings (SSSR count). The molecule has 0 aromatic heterocycles. The molecule has 0 unspecified atom stereocenters. The molecule has 1 atom stereocenters. The van der Waals surface area contributed by atoms with Crippen molar-refractivity contribution in [3.05, 3.63) is 34.9 Å². The van der Waals surface area contributed by atoms with Crippen molar-refractivity contribution in [2.75, 3.05) is 0 Å². The SMILES string of the molecule is C[C@@H](SCc1cccc(Cl)c1)C(=O)O. The number of hydrogen-bond acceptors (Lipinski definition) is 2. The zero-order valence-corrected chi connectivity index (χ0v) is 9.31. The molecule has 0 aliphatic heterocycles. The van der Waals surface area contributed by atoms with Crippen molar-refractivity contribution in [3.63, 3.8) is 0 Å². The second kappa shape index (κ2) is 5.27. The van der Waals surface area contributed by atoms with E-state index in [1.165, 1.54) is 11.8 Å². The quantitative estimate of drug-likeness (QED) is 0.864. The van der Waals surface area contributed by atoms with Crippen LogP contribution in [0.2, 0.25) is 5.02 Å². The minimum atomic E-state index is -0.781. The molecule has 0 saturated heterocycles. The molecule has 0 aliphatic rings. The van der Waals surface area contributed by atoms with Gasteiger partial charge < -0.3 is 5.11 Å². The molecule has 0 saturated carbocycles. The Hall–Kier alpha value is -0.670. The molecule has 0 amide bonds. The number of rotatable bonds is 4. The molecule has 1 aromatic rings. The van der Waals surface area contributed by atoms with Gasteiger partial charge in [0.25, 0.3) is 0 Å². The van der Waals surface area contributed by atoms with Crippen LogP contribution < -0.4 is 0 Å². The van der Waals surface area contributed by atoms with E-state index in [0.717, 1.165) is 5.56 Å². The highest BCUT2D eigenvalue weighted by molar-refractivity contribution is 7.99. The number of thioether (sulfide) groups is 1. The largest absolute Gasteiger partial charge is 0.480 e. The smallest absolute Gasteiger partial charge is 0.316 e. The van der Waals surface area contributed by atoms with E-state index in [0.29, 0.717) is 10.8 Å². The Morgan fingerprint density at radius 3 is 2.93 bits per heavy atom. The summed E-state index contributed by atoms with van der Waals surface area (Å²) in [6.07, 6.45) is 0. The van der Waals surface area contributed by atoms with Crippen molar-refractivity contribution in [2.45, 2.75) is 17.9 Å². The van der Waals surface area contributed by atoms with E-state index >= 15 is 0 Å². The van der Waals surface area contributed by atoms with Crippen molar-refractivity contribution < 1.29 is 9.90 Å². The van der Waals surface area contributed by atoms with E-state index in [9.17, 15) is 4.79 Å². The Bertz CT molecular complexity index is 328. The maximum atomic E-state index is 10.5. The Morgan fingerprint density at radius 2 is 2.36 bits per heavy atom. The minimum absolute atomic E-state index is 0.381. The Balaban J connectivity index is 2.49. The molecule has 0 radical (unpaired) electrons. The fourth-order valence-electron chi connectivity index (χ4n) is 0.919. The summed E-state index contributed by atoms with van der Waals surface area (Å²) in [6, 6.07) is 7.45. The highest BCUT2D eigenvalue weighted by Gasteiger charge is 2.10. The van der Waals surface area contributed by atoms with Crippen molar-refractivity contribution >= 4 is 29.3 Å². The molecule has 4 heteroatoms. The molecular formula is C10H11ClO2S. The summed E-state index contributed by atoms with van der Waals surface area (Å²) in [7, 11) is 0. The summed E-state index contributed by atoms with van der Waals surface area (Å²) in [4.78, 5) is 10.5. The van der Waals surface area contributed by atoms with Crippen LogP contribution >= 0.6 is 23.4 Å². The molecule has 0 bridgehead atoms. The van der Waals surface area contributed by atoms with Gasteiger partial charge >= 0.3 is 5.97 Å². The molecule has 0 spiro atoms. The molecule has 1 aromatic carbocycles. The first-order chi connectivity index (χ1) is 6.59. The number of carboxylic acid groups (broad SMARTS) is 1. The highest BCUT2D eigenvalue weighted by Crippen LogP contribution is 2.19. The Morgan fingerprint density at radius 1 is 1.64 bits per heavy atom. The van der Waals surface area contributed by atoms with Gasteiger partial charge in [0, 0.05) is 10.8 Å². The van der Waals surface area contributed by atoms with Crippen molar-refractivity contribution in [3.8, 4) is 0 Å². The first kappa shape index (κ1) is 11.4. The number of carboxylic acids is 1. The Labute approximate surface area is 92.3 Å². The van der Waals surface area contributed by atoms with Gasteiger partial charge in [-0.25, -0.2) is 0 Å². The monoisotopic (exact) mass is 230 g/mol. The van der Waals surface area contributed by atoms with E-state index < -0.39 is 5.97 Å². The third-order valence-electron chi connectivity index (χ3n) is 1.74. The van der Waals surface area contributed by atoms with Crippen LogP contribution in [0.4, 0.5) is 0 Å². The van der Waals surface area contributed by atoms with Gasteiger partial charge in [-0.1, -0.05) is 23.7 Å². The lowest BCUT2D eigenvalue weighted by molar-refractivity contribution is -0.136. The highest BCUT2D eigenvalue weighted by atomic mass is 35.5. The van der Waals surface area contributed by atoms with E-state index in [-0.39, 0.29) is 5.25 Å². The van der Waals surface area contributed by atoms with E-state index in [1.54, 1.807) is 13.0 Å². The van der Waals surface area contributed by atoms with Crippen molar-refractivity contribution in [1.29, 1.82) is 0 Å². The van der Waals surface area contributed by atoms with E-state index in [2.05, 4.69) is 0 Å². The predicted octanol–water partition coefficient (Wildman–Crippen LogP) is 3.05. The standard InChI is InChI=1S/C10H11ClO2S/c1-7(10(12)13)14-6-8-3-2-4-9(11)5-8/h2-5,7H,6H2,1H3,(H,12,13)/t7-/m1/s1. The zero-order valence-electron chi connectivity index (χ0n) is 7.74. The average molecular weight is 231 g/mol. The second-order valence-electron chi connectivity index (χ2n) is 2.92. The molecule has 2 nitrogen and oxygen atoms in total. The predicted molar refractivity (Wildman–Crippen MR) is 59.8 cm³/mol. The van der Waals surface area contributed by atoms with Crippen LogP contribution in [0.1, 0.15) is 12.5 Å². The summed E-state index contributed by atoms with van der Waals surface area (Å²) < 4.78 is 0. The number of hydrogen-bond donors (Lipinski definition) is 1. The Kier molecular flexibility index (Phi) is 4.29.